The maximum atomic E-state index is 14.4. The highest BCUT2D eigenvalue weighted by Gasteiger charge is 2.34. The highest BCUT2D eigenvalue weighted by Crippen LogP contribution is 2.27. The van der Waals surface area contributed by atoms with E-state index in [4.69, 9.17) is 0 Å². The van der Waals surface area contributed by atoms with Gasteiger partial charge < -0.3 is 10.2 Å². The molecule has 0 aliphatic carbocycles. The molecule has 7 nitrogen and oxygen atoms in total. The molecule has 0 bridgehead atoms. The maximum Gasteiger partial charge on any atom is 0.264 e. The van der Waals surface area contributed by atoms with E-state index in [-0.39, 0.29) is 29.7 Å². The van der Waals surface area contributed by atoms with Gasteiger partial charge in [-0.25, -0.2) is 8.42 Å². The standard InChI is InChI=1S/C35H38BrN3O4S/c1-26(2)23-37-35(41)33(22-28-10-6-4-7-11-28)38(24-29-12-8-5-9-13-29)34(40)25-39(31-18-16-30(36)17-19-31)44(42,43)32-20-14-27(3)15-21-32/h4-21,26,33H,22-25H2,1-3H3,(H,37,41)/t33-/m0/s1. The van der Waals surface area contributed by atoms with Crippen LogP contribution in [0.2, 0.25) is 0 Å². The summed E-state index contributed by atoms with van der Waals surface area (Å²) in [5, 5.41) is 3.01. The number of nitrogens with zero attached hydrogens (tertiary/aromatic N) is 2. The number of hydrogen-bond donors (Lipinski definition) is 1. The Morgan fingerprint density at radius 3 is 1.93 bits per heavy atom. The fourth-order valence-corrected chi connectivity index (χ4v) is 6.41. The smallest absolute Gasteiger partial charge is 0.264 e. The van der Waals surface area contributed by atoms with Crippen molar-refractivity contribution in [1.82, 2.24) is 10.2 Å². The van der Waals surface area contributed by atoms with Gasteiger partial charge in [0.25, 0.3) is 10.0 Å². The highest BCUT2D eigenvalue weighted by molar-refractivity contribution is 9.10. The van der Waals surface area contributed by atoms with Crippen LogP contribution in [-0.2, 0) is 32.6 Å². The Balaban J connectivity index is 1.78. The summed E-state index contributed by atoms with van der Waals surface area (Å²) in [6.07, 6.45) is 0.270. The largest absolute Gasteiger partial charge is 0.354 e. The average molecular weight is 677 g/mol. The van der Waals surface area contributed by atoms with Crippen molar-refractivity contribution in [3.63, 3.8) is 0 Å². The summed E-state index contributed by atoms with van der Waals surface area (Å²) in [6.45, 7) is 5.98. The molecule has 0 aliphatic heterocycles. The van der Waals surface area contributed by atoms with E-state index in [1.54, 1.807) is 48.5 Å². The number of amides is 2. The van der Waals surface area contributed by atoms with E-state index < -0.39 is 28.5 Å². The van der Waals surface area contributed by atoms with Crippen molar-refractivity contribution in [3.8, 4) is 0 Å². The molecule has 1 atom stereocenters. The lowest BCUT2D eigenvalue weighted by Crippen LogP contribution is -2.53. The second kappa shape index (κ2) is 15.2. The SMILES string of the molecule is Cc1ccc(S(=O)(=O)N(CC(=O)N(Cc2ccccc2)[C@@H](Cc2ccccc2)C(=O)NCC(C)C)c2ccc(Br)cc2)cc1. The maximum absolute atomic E-state index is 14.4. The molecule has 0 unspecified atom stereocenters. The first-order chi connectivity index (χ1) is 21.0. The van der Waals surface area contributed by atoms with Gasteiger partial charge >= 0.3 is 0 Å². The van der Waals surface area contributed by atoms with Crippen LogP contribution in [0.4, 0.5) is 5.69 Å². The molecule has 0 radical (unpaired) electrons. The van der Waals surface area contributed by atoms with Crippen molar-refractivity contribution >= 4 is 43.5 Å². The van der Waals surface area contributed by atoms with Gasteiger partial charge in [0.15, 0.2) is 0 Å². The first-order valence-electron chi connectivity index (χ1n) is 14.5. The van der Waals surface area contributed by atoms with Crippen LogP contribution in [0.25, 0.3) is 0 Å². The molecule has 230 valence electrons. The quantitative estimate of drug-likeness (QED) is 0.179. The van der Waals surface area contributed by atoms with Crippen molar-refractivity contribution in [2.45, 2.75) is 44.7 Å². The van der Waals surface area contributed by atoms with Crippen LogP contribution in [0.15, 0.2) is 119 Å². The topological polar surface area (TPSA) is 86.8 Å². The molecule has 0 heterocycles. The molecule has 9 heteroatoms. The number of sulfonamides is 1. The van der Waals surface area contributed by atoms with Gasteiger partial charge in [-0.3, -0.25) is 13.9 Å². The average Bonchev–Trinajstić information content (AvgIpc) is 3.02. The number of carbonyl (C=O) groups excluding carboxylic acids is 2. The molecule has 0 fully saturated rings. The van der Waals surface area contributed by atoms with Crippen LogP contribution >= 0.6 is 15.9 Å². The molecular formula is C35H38BrN3O4S. The van der Waals surface area contributed by atoms with Crippen molar-refractivity contribution in [2.75, 3.05) is 17.4 Å². The van der Waals surface area contributed by atoms with E-state index >= 15 is 0 Å². The van der Waals surface area contributed by atoms with Crippen molar-refractivity contribution in [1.29, 1.82) is 0 Å². The summed E-state index contributed by atoms with van der Waals surface area (Å²) in [6, 6.07) is 31.4. The molecular weight excluding hydrogens is 638 g/mol. The third-order valence-electron chi connectivity index (χ3n) is 7.15. The minimum absolute atomic E-state index is 0.0731. The number of carbonyl (C=O) groups is 2. The van der Waals surface area contributed by atoms with E-state index in [2.05, 4.69) is 21.2 Å². The number of halogens is 1. The Hall–Kier alpha value is -3.95. The minimum Gasteiger partial charge on any atom is -0.354 e. The van der Waals surface area contributed by atoms with Crippen LogP contribution in [0.3, 0.4) is 0 Å². The van der Waals surface area contributed by atoms with Gasteiger partial charge in [-0.15, -0.1) is 0 Å². The van der Waals surface area contributed by atoms with Gasteiger partial charge in [0, 0.05) is 24.0 Å². The molecule has 1 N–H and O–H groups in total. The molecule has 0 saturated carbocycles. The molecule has 2 amide bonds. The molecule has 4 aromatic carbocycles. The van der Waals surface area contributed by atoms with Gasteiger partial charge in [0.05, 0.1) is 10.6 Å². The number of nitrogens with one attached hydrogen (secondary N) is 1. The van der Waals surface area contributed by atoms with Crippen molar-refractivity contribution in [3.05, 3.63) is 130 Å². The van der Waals surface area contributed by atoms with Crippen LogP contribution in [-0.4, -0.2) is 44.3 Å². The fraction of sp³-hybridized carbons (Fsp3) is 0.257. The predicted octanol–water partition coefficient (Wildman–Crippen LogP) is 6.37. The number of hydrogen-bond acceptors (Lipinski definition) is 4. The third kappa shape index (κ3) is 8.80. The summed E-state index contributed by atoms with van der Waals surface area (Å²) in [4.78, 5) is 29.8. The number of benzene rings is 4. The van der Waals surface area contributed by atoms with Gasteiger partial charge in [0.2, 0.25) is 11.8 Å². The summed E-state index contributed by atoms with van der Waals surface area (Å²) in [5.41, 5.74) is 2.97. The predicted molar refractivity (Wildman–Crippen MR) is 179 cm³/mol. The van der Waals surface area contributed by atoms with E-state index in [0.717, 1.165) is 25.5 Å². The van der Waals surface area contributed by atoms with Crippen molar-refractivity contribution < 1.29 is 18.0 Å². The lowest BCUT2D eigenvalue weighted by molar-refractivity contribution is -0.140. The lowest BCUT2D eigenvalue weighted by atomic mass is 10.0. The van der Waals surface area contributed by atoms with E-state index in [1.165, 1.54) is 4.90 Å². The summed E-state index contributed by atoms with van der Waals surface area (Å²) >= 11 is 3.41. The van der Waals surface area contributed by atoms with Gasteiger partial charge in [-0.05, 0) is 60.4 Å². The Morgan fingerprint density at radius 2 is 1.36 bits per heavy atom. The zero-order valence-electron chi connectivity index (χ0n) is 25.2. The van der Waals surface area contributed by atoms with Gasteiger partial charge in [-0.2, -0.15) is 0 Å². The monoisotopic (exact) mass is 675 g/mol. The first kappa shape index (κ1) is 33.0. The number of aryl methyl sites for hydroxylation is 1. The van der Waals surface area contributed by atoms with Gasteiger partial charge in [0.1, 0.15) is 12.6 Å². The van der Waals surface area contributed by atoms with E-state index in [1.807, 2.05) is 81.4 Å². The van der Waals surface area contributed by atoms with E-state index in [9.17, 15) is 18.0 Å². The van der Waals surface area contributed by atoms with E-state index in [0.29, 0.717) is 12.2 Å². The lowest BCUT2D eigenvalue weighted by Gasteiger charge is -2.34. The summed E-state index contributed by atoms with van der Waals surface area (Å²) < 4.78 is 30.1. The molecule has 44 heavy (non-hydrogen) atoms. The van der Waals surface area contributed by atoms with Crippen molar-refractivity contribution in [2.24, 2.45) is 5.92 Å². The normalized spacial score (nSPS) is 12.0. The molecule has 4 rings (SSSR count). The Kier molecular flexibility index (Phi) is 11.4. The van der Waals surface area contributed by atoms with Crippen LogP contribution in [0.1, 0.15) is 30.5 Å². The second-order valence-electron chi connectivity index (χ2n) is 11.2. The third-order valence-corrected chi connectivity index (χ3v) is 9.47. The fourth-order valence-electron chi connectivity index (χ4n) is 4.73. The highest BCUT2D eigenvalue weighted by atomic mass is 79.9. The zero-order chi connectivity index (χ0) is 31.7. The molecule has 0 aromatic heterocycles. The minimum atomic E-state index is -4.14. The van der Waals surface area contributed by atoms with Crippen LogP contribution in [0.5, 0.6) is 0 Å². The second-order valence-corrected chi connectivity index (χ2v) is 13.9. The Labute approximate surface area is 269 Å². The number of rotatable bonds is 13. The first-order valence-corrected chi connectivity index (χ1v) is 16.8. The van der Waals surface area contributed by atoms with Crippen LogP contribution < -0.4 is 9.62 Å². The Morgan fingerprint density at radius 1 is 0.795 bits per heavy atom. The molecule has 0 spiro atoms. The number of anilines is 1. The van der Waals surface area contributed by atoms with Gasteiger partial charge in [-0.1, -0.05) is 108 Å². The molecule has 0 saturated heterocycles. The summed E-state index contributed by atoms with van der Waals surface area (Å²) in [7, 11) is -4.14. The molecule has 4 aromatic rings. The molecule has 0 aliphatic rings. The summed E-state index contributed by atoms with van der Waals surface area (Å²) in [5.74, 6) is -0.571. The Bertz CT molecular complexity index is 1630. The van der Waals surface area contributed by atoms with Crippen LogP contribution in [0, 0.1) is 12.8 Å². The zero-order valence-corrected chi connectivity index (χ0v) is 27.6.